The molecule has 0 unspecified atom stereocenters. The Hall–Kier alpha value is -0.840. The molecule has 0 amide bonds. The van der Waals surface area contributed by atoms with Crippen LogP contribution in [0.15, 0.2) is 10.7 Å². The molecule has 0 aromatic carbocycles. The van der Waals surface area contributed by atoms with E-state index < -0.39 is 5.97 Å². The quantitative estimate of drug-likeness (QED) is 0.878. The van der Waals surface area contributed by atoms with Gasteiger partial charge in [0.15, 0.2) is 0 Å². The maximum Gasteiger partial charge on any atom is 0.303 e. The predicted octanol–water partition coefficient (Wildman–Crippen LogP) is 1.59. The average Bonchev–Trinajstić information content (AvgIpc) is 2.30. The van der Waals surface area contributed by atoms with Crippen molar-refractivity contribution >= 4 is 21.9 Å². The Morgan fingerprint density at radius 1 is 1.77 bits per heavy atom. The Labute approximate surface area is 84.7 Å². The van der Waals surface area contributed by atoms with Gasteiger partial charge in [0.05, 0.1) is 5.69 Å². The van der Waals surface area contributed by atoms with Crippen LogP contribution in [0, 0.1) is 0 Å². The van der Waals surface area contributed by atoms with Gasteiger partial charge in [0.1, 0.15) is 4.60 Å². The fraction of sp³-hybridized carbons (Fsp3) is 0.500. The highest BCUT2D eigenvalue weighted by Crippen LogP contribution is 2.11. The maximum atomic E-state index is 10.2. The van der Waals surface area contributed by atoms with Gasteiger partial charge in [-0.2, -0.15) is 5.10 Å². The number of aryl methyl sites for hydroxylation is 2. The van der Waals surface area contributed by atoms with Crippen LogP contribution in [0.3, 0.4) is 0 Å². The molecule has 1 N–H and O–H groups in total. The van der Waals surface area contributed by atoms with Gasteiger partial charge in [-0.25, -0.2) is 0 Å². The first-order valence-electron chi connectivity index (χ1n) is 4.00. The number of aromatic nitrogens is 2. The summed E-state index contributed by atoms with van der Waals surface area (Å²) >= 11 is 3.32. The lowest BCUT2D eigenvalue weighted by molar-refractivity contribution is -0.137. The molecule has 0 atom stereocenters. The van der Waals surface area contributed by atoms with Gasteiger partial charge < -0.3 is 5.11 Å². The summed E-state index contributed by atoms with van der Waals surface area (Å²) < 4.78 is 2.63. The van der Waals surface area contributed by atoms with Crippen molar-refractivity contribution in [3.05, 3.63) is 16.4 Å². The fourth-order valence-electron chi connectivity index (χ4n) is 1.04. The fourth-order valence-corrected chi connectivity index (χ4v) is 1.39. The Kier molecular flexibility index (Phi) is 3.48. The lowest BCUT2D eigenvalue weighted by atomic mass is 10.2. The molecule has 0 spiro atoms. The van der Waals surface area contributed by atoms with Gasteiger partial charge >= 0.3 is 5.97 Å². The van der Waals surface area contributed by atoms with Crippen LogP contribution < -0.4 is 0 Å². The topological polar surface area (TPSA) is 55.1 Å². The number of nitrogens with zero attached hydrogens (tertiary/aromatic N) is 2. The first-order chi connectivity index (χ1) is 6.09. The Balaban J connectivity index is 2.41. The van der Waals surface area contributed by atoms with Crippen LogP contribution in [0.1, 0.15) is 18.5 Å². The van der Waals surface area contributed by atoms with Crippen molar-refractivity contribution < 1.29 is 9.90 Å². The minimum atomic E-state index is -0.755. The monoisotopic (exact) mass is 246 g/mol. The van der Waals surface area contributed by atoms with Crippen LogP contribution in [-0.4, -0.2) is 20.9 Å². The molecule has 5 heteroatoms. The van der Waals surface area contributed by atoms with E-state index in [4.69, 9.17) is 5.11 Å². The Morgan fingerprint density at radius 2 is 2.46 bits per heavy atom. The molecule has 0 fully saturated rings. The second-order valence-electron chi connectivity index (χ2n) is 2.83. The van der Waals surface area contributed by atoms with Gasteiger partial charge in [-0.05, 0) is 34.8 Å². The number of carbonyl (C=O) groups is 1. The van der Waals surface area contributed by atoms with E-state index >= 15 is 0 Å². The van der Waals surface area contributed by atoms with E-state index in [1.54, 1.807) is 4.68 Å². The normalized spacial score (nSPS) is 10.3. The minimum absolute atomic E-state index is 0.203. The highest BCUT2D eigenvalue weighted by atomic mass is 79.9. The average molecular weight is 247 g/mol. The highest BCUT2D eigenvalue weighted by molar-refractivity contribution is 9.10. The van der Waals surface area contributed by atoms with Crippen molar-refractivity contribution in [1.29, 1.82) is 0 Å². The molecule has 13 heavy (non-hydrogen) atoms. The molecule has 0 aliphatic carbocycles. The van der Waals surface area contributed by atoms with Crippen LogP contribution >= 0.6 is 15.9 Å². The smallest absolute Gasteiger partial charge is 0.303 e. The highest BCUT2D eigenvalue weighted by Gasteiger charge is 2.03. The summed E-state index contributed by atoms with van der Waals surface area (Å²) in [5, 5.41) is 12.6. The third kappa shape index (κ3) is 3.18. The number of halogens is 1. The van der Waals surface area contributed by atoms with E-state index in [0.717, 1.165) is 10.3 Å². The van der Waals surface area contributed by atoms with Crippen LogP contribution in [0.25, 0.3) is 0 Å². The van der Waals surface area contributed by atoms with Crippen molar-refractivity contribution in [2.45, 2.75) is 19.3 Å². The number of carboxylic acids is 1. The van der Waals surface area contributed by atoms with Gasteiger partial charge in [-0.3, -0.25) is 9.48 Å². The molecular weight excluding hydrogens is 236 g/mol. The summed E-state index contributed by atoms with van der Waals surface area (Å²) in [6, 6.07) is 1.90. The predicted molar refractivity (Wildman–Crippen MR) is 51.5 cm³/mol. The summed E-state index contributed by atoms with van der Waals surface area (Å²) in [6.07, 6.45) is 1.55. The first kappa shape index (κ1) is 10.2. The van der Waals surface area contributed by atoms with Crippen molar-refractivity contribution in [1.82, 2.24) is 9.78 Å². The van der Waals surface area contributed by atoms with Crippen LogP contribution in [0.4, 0.5) is 0 Å². The standard InChI is InChI=1S/C8H11BrN2O2/c1-11-7(9)5-6(10-11)3-2-4-8(12)13/h5H,2-4H2,1H3,(H,12,13). The number of hydrogen-bond donors (Lipinski definition) is 1. The van der Waals surface area contributed by atoms with Gasteiger partial charge in [-0.1, -0.05) is 0 Å². The molecule has 1 aromatic heterocycles. The zero-order chi connectivity index (χ0) is 9.84. The van der Waals surface area contributed by atoms with Gasteiger partial charge in [-0.15, -0.1) is 0 Å². The molecule has 0 saturated heterocycles. The van der Waals surface area contributed by atoms with Gasteiger partial charge in [0, 0.05) is 13.5 Å². The molecule has 0 radical (unpaired) electrons. The van der Waals surface area contributed by atoms with Gasteiger partial charge in [0.25, 0.3) is 0 Å². The molecule has 72 valence electrons. The second-order valence-corrected chi connectivity index (χ2v) is 3.64. The van der Waals surface area contributed by atoms with E-state index in [9.17, 15) is 4.79 Å². The van der Waals surface area contributed by atoms with Crippen molar-refractivity contribution in [2.75, 3.05) is 0 Å². The number of hydrogen-bond acceptors (Lipinski definition) is 2. The van der Waals surface area contributed by atoms with E-state index in [1.807, 2.05) is 13.1 Å². The molecule has 1 aromatic rings. The third-order valence-corrected chi connectivity index (χ3v) is 2.44. The number of aliphatic carboxylic acids is 1. The van der Waals surface area contributed by atoms with E-state index in [2.05, 4.69) is 21.0 Å². The SMILES string of the molecule is Cn1nc(CCCC(=O)O)cc1Br. The van der Waals surface area contributed by atoms with Gasteiger partial charge in [0.2, 0.25) is 0 Å². The number of rotatable bonds is 4. The minimum Gasteiger partial charge on any atom is -0.481 e. The molecule has 1 rings (SSSR count). The molecule has 0 aliphatic heterocycles. The molecular formula is C8H11BrN2O2. The van der Waals surface area contributed by atoms with Crippen molar-refractivity contribution in [3.8, 4) is 0 Å². The summed E-state index contributed by atoms with van der Waals surface area (Å²) in [7, 11) is 1.84. The molecule has 0 aliphatic rings. The Bertz CT molecular complexity index is 290. The van der Waals surface area contributed by atoms with Crippen molar-refractivity contribution in [3.63, 3.8) is 0 Å². The van der Waals surface area contributed by atoms with E-state index in [-0.39, 0.29) is 6.42 Å². The lowest BCUT2D eigenvalue weighted by Gasteiger charge is -1.92. The zero-order valence-corrected chi connectivity index (χ0v) is 8.91. The first-order valence-corrected chi connectivity index (χ1v) is 4.79. The maximum absolute atomic E-state index is 10.2. The molecule has 4 nitrogen and oxygen atoms in total. The summed E-state index contributed by atoms with van der Waals surface area (Å²) in [5.74, 6) is -0.755. The summed E-state index contributed by atoms with van der Waals surface area (Å²) in [4.78, 5) is 10.2. The Morgan fingerprint density at radius 3 is 2.92 bits per heavy atom. The second kappa shape index (κ2) is 4.41. The van der Waals surface area contributed by atoms with E-state index in [1.165, 1.54) is 0 Å². The van der Waals surface area contributed by atoms with Crippen molar-refractivity contribution in [2.24, 2.45) is 7.05 Å². The van der Waals surface area contributed by atoms with Crippen LogP contribution in [-0.2, 0) is 18.3 Å². The van der Waals surface area contributed by atoms with E-state index in [0.29, 0.717) is 12.8 Å². The molecule has 0 bridgehead atoms. The molecule has 1 heterocycles. The summed E-state index contributed by atoms with van der Waals surface area (Å²) in [6.45, 7) is 0. The summed E-state index contributed by atoms with van der Waals surface area (Å²) in [5.41, 5.74) is 0.927. The zero-order valence-electron chi connectivity index (χ0n) is 7.33. The lowest BCUT2D eigenvalue weighted by Crippen LogP contribution is -1.97. The molecule has 0 saturated carbocycles. The largest absolute Gasteiger partial charge is 0.481 e. The van der Waals surface area contributed by atoms with Crippen LogP contribution in [0.5, 0.6) is 0 Å². The number of carboxylic acid groups (broad SMARTS) is 1. The third-order valence-electron chi connectivity index (χ3n) is 1.70. The van der Waals surface area contributed by atoms with Crippen LogP contribution in [0.2, 0.25) is 0 Å².